The second-order valence-corrected chi connectivity index (χ2v) is 7.51. The van der Waals surface area contributed by atoms with Gasteiger partial charge in [0.1, 0.15) is 6.04 Å². The Labute approximate surface area is 183 Å². The molecule has 3 aromatic rings. The zero-order chi connectivity index (χ0) is 21.3. The highest BCUT2D eigenvalue weighted by Gasteiger charge is 2.36. The molecular weight excluding hydrogens is 427 g/mol. The van der Waals surface area contributed by atoms with Gasteiger partial charge in [0, 0.05) is 24.2 Å². The molecular formula is C21H18Cl2N4O3. The number of benzene rings is 2. The molecule has 2 N–H and O–H groups in total. The van der Waals surface area contributed by atoms with Crippen LogP contribution in [0.3, 0.4) is 0 Å². The lowest BCUT2D eigenvalue weighted by Crippen LogP contribution is -2.43. The summed E-state index contributed by atoms with van der Waals surface area (Å²) >= 11 is 12.7. The molecule has 1 unspecified atom stereocenters. The number of aromatic amines is 1. The lowest BCUT2D eigenvalue weighted by molar-refractivity contribution is 0.0602. The number of carbonyl (C=O) groups excluding carboxylic acids is 2. The predicted octanol–water partition coefficient (Wildman–Crippen LogP) is 4.68. The molecule has 4 rings (SSSR count). The molecule has 0 radical (unpaired) electrons. The number of amides is 2. The zero-order valence-electron chi connectivity index (χ0n) is 16.0. The maximum atomic E-state index is 13.3. The second kappa shape index (κ2) is 8.38. The Morgan fingerprint density at radius 1 is 1.20 bits per heavy atom. The van der Waals surface area contributed by atoms with Gasteiger partial charge >= 0.3 is 12.0 Å². The third-order valence-electron chi connectivity index (χ3n) is 5.04. The first-order valence-electron chi connectivity index (χ1n) is 9.22. The Morgan fingerprint density at radius 2 is 2.00 bits per heavy atom. The van der Waals surface area contributed by atoms with Crippen molar-refractivity contribution in [3.63, 3.8) is 0 Å². The molecule has 7 nitrogen and oxygen atoms in total. The van der Waals surface area contributed by atoms with Crippen molar-refractivity contribution >= 4 is 40.9 Å². The number of hydrogen-bond acceptors (Lipinski definition) is 4. The molecule has 0 fully saturated rings. The van der Waals surface area contributed by atoms with E-state index in [1.807, 2.05) is 6.07 Å². The SMILES string of the molecule is COC(=O)c1ccccc1NC(=O)N1CCc2[nH]cnc2C1c1cccc(Cl)c1Cl. The van der Waals surface area contributed by atoms with Gasteiger partial charge in [-0.1, -0.05) is 47.5 Å². The maximum absolute atomic E-state index is 13.3. The van der Waals surface area contributed by atoms with Crippen LogP contribution in [0.1, 0.15) is 33.4 Å². The lowest BCUT2D eigenvalue weighted by Gasteiger charge is -2.35. The average molecular weight is 445 g/mol. The van der Waals surface area contributed by atoms with Crippen LogP contribution in [-0.2, 0) is 11.2 Å². The number of H-pyrrole nitrogens is 1. The molecule has 0 aliphatic carbocycles. The zero-order valence-corrected chi connectivity index (χ0v) is 17.5. The van der Waals surface area contributed by atoms with E-state index < -0.39 is 12.0 Å². The largest absolute Gasteiger partial charge is 0.465 e. The molecule has 0 saturated carbocycles. The Morgan fingerprint density at radius 3 is 2.80 bits per heavy atom. The molecule has 30 heavy (non-hydrogen) atoms. The monoisotopic (exact) mass is 444 g/mol. The number of rotatable bonds is 3. The number of urea groups is 1. The summed E-state index contributed by atoms with van der Waals surface area (Å²) in [6, 6.07) is 11.1. The summed E-state index contributed by atoms with van der Waals surface area (Å²) in [5.41, 5.74) is 2.95. The lowest BCUT2D eigenvalue weighted by atomic mass is 9.96. The Bertz CT molecular complexity index is 1120. The highest BCUT2D eigenvalue weighted by Crippen LogP contribution is 2.39. The van der Waals surface area contributed by atoms with Gasteiger partial charge in [0.25, 0.3) is 0 Å². The molecule has 2 aromatic carbocycles. The quantitative estimate of drug-likeness (QED) is 0.573. The average Bonchev–Trinajstić information content (AvgIpc) is 3.24. The van der Waals surface area contributed by atoms with Crippen LogP contribution >= 0.6 is 23.2 Å². The molecule has 0 spiro atoms. The van der Waals surface area contributed by atoms with Crippen molar-refractivity contribution < 1.29 is 14.3 Å². The summed E-state index contributed by atoms with van der Waals surface area (Å²) in [5.74, 6) is -0.534. The predicted molar refractivity (Wildman–Crippen MR) is 114 cm³/mol. The highest BCUT2D eigenvalue weighted by atomic mass is 35.5. The molecule has 1 aliphatic rings. The van der Waals surface area contributed by atoms with Crippen molar-refractivity contribution in [3.05, 3.63) is 81.4 Å². The van der Waals surface area contributed by atoms with Crippen molar-refractivity contribution in [2.45, 2.75) is 12.5 Å². The van der Waals surface area contributed by atoms with E-state index in [0.717, 1.165) is 5.69 Å². The summed E-state index contributed by atoms with van der Waals surface area (Å²) in [7, 11) is 1.29. The van der Waals surface area contributed by atoms with E-state index >= 15 is 0 Å². The Hall–Kier alpha value is -3.03. The van der Waals surface area contributed by atoms with Crippen molar-refractivity contribution in [1.82, 2.24) is 14.9 Å². The topological polar surface area (TPSA) is 87.3 Å². The van der Waals surface area contributed by atoms with Crippen molar-refractivity contribution in [1.29, 1.82) is 0 Å². The van der Waals surface area contributed by atoms with Gasteiger partial charge in [0.05, 0.1) is 40.4 Å². The fraction of sp³-hybridized carbons (Fsp3) is 0.190. The van der Waals surface area contributed by atoms with Crippen LogP contribution in [0.25, 0.3) is 0 Å². The minimum atomic E-state index is -0.534. The molecule has 1 aliphatic heterocycles. The number of nitrogens with one attached hydrogen (secondary N) is 2. The van der Waals surface area contributed by atoms with Gasteiger partial charge in [0.15, 0.2) is 0 Å². The van der Waals surface area contributed by atoms with Crippen LogP contribution in [0.15, 0.2) is 48.8 Å². The maximum Gasteiger partial charge on any atom is 0.339 e. The third-order valence-corrected chi connectivity index (χ3v) is 5.87. The van der Waals surface area contributed by atoms with Gasteiger partial charge in [-0.05, 0) is 18.2 Å². The first-order chi connectivity index (χ1) is 14.5. The number of nitrogens with zero attached hydrogens (tertiary/aromatic N) is 2. The number of imidazole rings is 1. The fourth-order valence-electron chi connectivity index (χ4n) is 3.61. The highest BCUT2D eigenvalue weighted by molar-refractivity contribution is 6.42. The van der Waals surface area contributed by atoms with Crippen molar-refractivity contribution in [3.8, 4) is 0 Å². The van der Waals surface area contributed by atoms with Crippen LogP contribution in [0.2, 0.25) is 10.0 Å². The van der Waals surface area contributed by atoms with Gasteiger partial charge in [-0.2, -0.15) is 0 Å². The number of esters is 1. The molecule has 2 heterocycles. The third kappa shape index (κ3) is 3.62. The molecule has 9 heteroatoms. The Balaban J connectivity index is 1.72. The minimum Gasteiger partial charge on any atom is -0.465 e. The number of fused-ring (bicyclic) bond motifs is 1. The van der Waals surface area contributed by atoms with Crippen LogP contribution in [0.4, 0.5) is 10.5 Å². The van der Waals surface area contributed by atoms with Crippen LogP contribution in [0, 0.1) is 0 Å². The molecule has 2 amide bonds. The molecule has 0 saturated heterocycles. The number of carbonyl (C=O) groups is 2. The van der Waals surface area contributed by atoms with Crippen LogP contribution in [-0.4, -0.2) is 40.5 Å². The molecule has 154 valence electrons. The molecule has 1 aromatic heterocycles. The van der Waals surface area contributed by atoms with Gasteiger partial charge < -0.3 is 19.9 Å². The van der Waals surface area contributed by atoms with Crippen LogP contribution in [0.5, 0.6) is 0 Å². The first-order valence-corrected chi connectivity index (χ1v) is 9.98. The first kappa shape index (κ1) is 20.3. The van der Waals surface area contributed by atoms with E-state index in [9.17, 15) is 9.59 Å². The summed E-state index contributed by atoms with van der Waals surface area (Å²) in [5, 5.41) is 3.59. The van der Waals surface area contributed by atoms with Crippen molar-refractivity contribution in [2.24, 2.45) is 0 Å². The van der Waals surface area contributed by atoms with Gasteiger partial charge in [0.2, 0.25) is 0 Å². The fourth-order valence-corrected chi connectivity index (χ4v) is 4.02. The van der Waals surface area contributed by atoms with E-state index in [4.69, 9.17) is 27.9 Å². The summed E-state index contributed by atoms with van der Waals surface area (Å²) < 4.78 is 4.81. The standard InChI is InChI=1S/C21H18Cl2N4O3/c1-30-20(28)12-5-2-3-8-15(12)26-21(29)27-10-9-16-18(25-11-24-16)19(27)13-6-4-7-14(22)17(13)23/h2-8,11,19H,9-10H2,1H3,(H,24,25)(H,26,29). The van der Waals surface area contributed by atoms with Gasteiger partial charge in [-0.25, -0.2) is 14.6 Å². The minimum absolute atomic E-state index is 0.267. The summed E-state index contributed by atoms with van der Waals surface area (Å²) in [4.78, 5) is 34.5. The number of halogens is 2. The molecule has 0 bridgehead atoms. The smallest absolute Gasteiger partial charge is 0.339 e. The number of aromatic nitrogens is 2. The summed E-state index contributed by atoms with van der Waals surface area (Å²) in [6.45, 7) is 0.426. The van der Waals surface area contributed by atoms with Crippen molar-refractivity contribution in [2.75, 3.05) is 19.0 Å². The summed E-state index contributed by atoms with van der Waals surface area (Å²) in [6.07, 6.45) is 2.21. The second-order valence-electron chi connectivity index (χ2n) is 6.72. The van der Waals surface area contributed by atoms with E-state index in [1.54, 1.807) is 47.6 Å². The van der Waals surface area contributed by atoms with Gasteiger partial charge in [-0.3, -0.25) is 0 Å². The number of anilines is 1. The number of ether oxygens (including phenoxy) is 1. The normalized spacial score (nSPS) is 15.4. The number of methoxy groups -OCH3 is 1. The van der Waals surface area contributed by atoms with E-state index in [0.29, 0.717) is 40.0 Å². The van der Waals surface area contributed by atoms with Crippen LogP contribution < -0.4 is 5.32 Å². The van der Waals surface area contributed by atoms with Gasteiger partial charge in [-0.15, -0.1) is 0 Å². The van der Waals surface area contributed by atoms with E-state index in [2.05, 4.69) is 15.3 Å². The Kier molecular flexibility index (Phi) is 5.65. The van der Waals surface area contributed by atoms with E-state index in [1.165, 1.54) is 7.11 Å². The van der Waals surface area contributed by atoms with E-state index in [-0.39, 0.29) is 11.6 Å². The number of para-hydroxylation sites is 1. The number of hydrogen-bond donors (Lipinski definition) is 2. The molecule has 1 atom stereocenters.